The molecular weight excluding hydrogens is 266 g/mol. The van der Waals surface area contributed by atoms with Crippen LogP contribution in [-0.2, 0) is 20.7 Å². The van der Waals surface area contributed by atoms with E-state index in [1.54, 1.807) is 11.9 Å². The van der Waals surface area contributed by atoms with Crippen LogP contribution in [0, 0.1) is 0 Å². The number of esters is 1. The lowest BCUT2D eigenvalue weighted by molar-refractivity contribution is -0.140. The summed E-state index contributed by atoms with van der Waals surface area (Å²) in [5, 5.41) is 5.55. The number of ether oxygens (including phenoxy) is 1. The summed E-state index contributed by atoms with van der Waals surface area (Å²) in [6.07, 6.45) is 0.866. The first-order valence-electron chi connectivity index (χ1n) is 6.05. The minimum absolute atomic E-state index is 0.0220. The van der Waals surface area contributed by atoms with Crippen LogP contribution in [-0.4, -0.2) is 49.0 Å². The third-order valence-electron chi connectivity index (χ3n) is 2.66. The molecule has 6 nitrogen and oxygen atoms in total. The van der Waals surface area contributed by atoms with Crippen molar-refractivity contribution >= 4 is 28.3 Å². The maximum Gasteiger partial charge on any atom is 0.305 e. The Morgan fingerprint density at radius 1 is 1.53 bits per heavy atom. The maximum atomic E-state index is 11.6. The van der Waals surface area contributed by atoms with Gasteiger partial charge in [0.1, 0.15) is 0 Å². The van der Waals surface area contributed by atoms with Crippen LogP contribution in [0.3, 0.4) is 0 Å². The molecule has 0 aliphatic carbocycles. The van der Waals surface area contributed by atoms with Gasteiger partial charge >= 0.3 is 5.97 Å². The van der Waals surface area contributed by atoms with Crippen LogP contribution in [0.5, 0.6) is 0 Å². The Morgan fingerprint density at radius 3 is 2.89 bits per heavy atom. The standard InChI is InChI=1S/C12H19N3O3S/c1-4-15(2)10(16)7-13-12-14-9(8-19-12)5-6-11(17)18-3/h8H,4-7H2,1-3H3,(H,13,14). The third kappa shape index (κ3) is 5.25. The molecule has 0 saturated carbocycles. The number of amides is 1. The van der Waals surface area contributed by atoms with Gasteiger partial charge in [0.05, 0.1) is 25.8 Å². The van der Waals surface area contributed by atoms with Gasteiger partial charge in [0.15, 0.2) is 5.13 Å². The van der Waals surface area contributed by atoms with Crippen molar-refractivity contribution in [2.24, 2.45) is 0 Å². The van der Waals surface area contributed by atoms with Crippen molar-refractivity contribution in [3.8, 4) is 0 Å². The van der Waals surface area contributed by atoms with Crippen LogP contribution in [0.1, 0.15) is 19.0 Å². The minimum Gasteiger partial charge on any atom is -0.469 e. The van der Waals surface area contributed by atoms with E-state index >= 15 is 0 Å². The summed E-state index contributed by atoms with van der Waals surface area (Å²) in [6, 6.07) is 0. The maximum absolute atomic E-state index is 11.6. The van der Waals surface area contributed by atoms with Crippen molar-refractivity contribution in [3.63, 3.8) is 0 Å². The summed E-state index contributed by atoms with van der Waals surface area (Å²) < 4.78 is 4.57. The number of carbonyl (C=O) groups excluding carboxylic acids is 2. The summed E-state index contributed by atoms with van der Waals surface area (Å²) in [5.74, 6) is -0.226. The van der Waals surface area contributed by atoms with Crippen LogP contribution in [0.15, 0.2) is 5.38 Å². The quantitative estimate of drug-likeness (QED) is 0.761. The Hall–Kier alpha value is -1.63. The number of anilines is 1. The Labute approximate surface area is 116 Å². The number of nitrogens with one attached hydrogen (secondary N) is 1. The van der Waals surface area contributed by atoms with Crippen LogP contribution in [0.25, 0.3) is 0 Å². The van der Waals surface area contributed by atoms with Gasteiger partial charge in [0.2, 0.25) is 5.91 Å². The summed E-state index contributed by atoms with van der Waals surface area (Å²) in [7, 11) is 3.12. The van der Waals surface area contributed by atoms with Crippen LogP contribution in [0.2, 0.25) is 0 Å². The smallest absolute Gasteiger partial charge is 0.305 e. The van der Waals surface area contributed by atoms with Crippen LogP contribution < -0.4 is 5.32 Å². The fourth-order valence-corrected chi connectivity index (χ4v) is 2.04. The van der Waals surface area contributed by atoms with E-state index in [1.807, 2.05) is 12.3 Å². The van der Waals surface area contributed by atoms with Crippen LogP contribution >= 0.6 is 11.3 Å². The van der Waals surface area contributed by atoms with Gasteiger partial charge in [-0.25, -0.2) is 4.98 Å². The topological polar surface area (TPSA) is 71.5 Å². The molecule has 0 spiro atoms. The lowest BCUT2D eigenvalue weighted by Gasteiger charge is -2.14. The molecule has 0 fully saturated rings. The molecule has 0 aliphatic heterocycles. The van der Waals surface area contributed by atoms with Gasteiger partial charge < -0.3 is 15.0 Å². The summed E-state index contributed by atoms with van der Waals surface area (Å²) in [5.41, 5.74) is 0.828. The SMILES string of the molecule is CCN(C)C(=O)CNc1nc(CCC(=O)OC)cs1. The molecule has 7 heteroatoms. The third-order valence-corrected chi connectivity index (χ3v) is 3.50. The number of rotatable bonds is 7. The van der Waals surface area contributed by atoms with Crippen molar-refractivity contribution in [3.05, 3.63) is 11.1 Å². The van der Waals surface area contributed by atoms with E-state index in [4.69, 9.17) is 0 Å². The van der Waals surface area contributed by atoms with Crippen molar-refractivity contribution in [2.45, 2.75) is 19.8 Å². The molecule has 1 amide bonds. The molecule has 0 radical (unpaired) electrons. The number of methoxy groups -OCH3 is 1. The number of thiazole rings is 1. The van der Waals surface area contributed by atoms with Gasteiger partial charge in [-0.2, -0.15) is 0 Å². The zero-order valence-electron chi connectivity index (χ0n) is 11.4. The summed E-state index contributed by atoms with van der Waals surface area (Å²) in [4.78, 5) is 28.5. The van der Waals surface area contributed by atoms with Crippen molar-refractivity contribution < 1.29 is 14.3 Å². The molecule has 0 saturated heterocycles. The second-order valence-corrected chi connectivity index (χ2v) is 4.84. The van der Waals surface area contributed by atoms with E-state index in [0.29, 0.717) is 24.5 Å². The lowest BCUT2D eigenvalue weighted by atomic mass is 10.2. The highest BCUT2D eigenvalue weighted by Crippen LogP contribution is 2.16. The van der Waals surface area contributed by atoms with Gasteiger partial charge in [-0.1, -0.05) is 0 Å². The Kier molecular flexibility index (Phi) is 6.27. The van der Waals surface area contributed by atoms with E-state index in [2.05, 4.69) is 15.0 Å². The van der Waals surface area contributed by atoms with Gasteiger partial charge in [0, 0.05) is 25.4 Å². The van der Waals surface area contributed by atoms with E-state index in [-0.39, 0.29) is 18.4 Å². The van der Waals surface area contributed by atoms with Gasteiger partial charge in [0.25, 0.3) is 0 Å². The zero-order chi connectivity index (χ0) is 14.3. The molecule has 1 rings (SSSR count). The number of carbonyl (C=O) groups is 2. The van der Waals surface area contributed by atoms with Crippen molar-refractivity contribution in [2.75, 3.05) is 32.6 Å². The van der Waals surface area contributed by atoms with Gasteiger partial charge in [-0.3, -0.25) is 9.59 Å². The van der Waals surface area contributed by atoms with E-state index < -0.39 is 0 Å². The first-order valence-corrected chi connectivity index (χ1v) is 6.93. The molecule has 1 heterocycles. The highest BCUT2D eigenvalue weighted by atomic mass is 32.1. The largest absolute Gasteiger partial charge is 0.469 e. The first kappa shape index (κ1) is 15.4. The minimum atomic E-state index is -0.248. The first-order chi connectivity index (χ1) is 9.06. The highest BCUT2D eigenvalue weighted by Gasteiger charge is 2.09. The fraction of sp³-hybridized carbons (Fsp3) is 0.583. The Balaban J connectivity index is 2.38. The second-order valence-electron chi connectivity index (χ2n) is 3.98. The lowest BCUT2D eigenvalue weighted by Crippen LogP contribution is -2.31. The fourth-order valence-electron chi connectivity index (χ4n) is 1.30. The summed E-state index contributed by atoms with van der Waals surface area (Å²) in [6.45, 7) is 2.84. The molecule has 0 bridgehead atoms. The van der Waals surface area contributed by atoms with Crippen molar-refractivity contribution in [1.29, 1.82) is 0 Å². The molecule has 1 aromatic heterocycles. The highest BCUT2D eigenvalue weighted by molar-refractivity contribution is 7.13. The van der Waals surface area contributed by atoms with Crippen molar-refractivity contribution in [1.82, 2.24) is 9.88 Å². The Morgan fingerprint density at radius 2 is 2.26 bits per heavy atom. The van der Waals surface area contributed by atoms with E-state index in [1.165, 1.54) is 18.4 Å². The van der Waals surface area contributed by atoms with E-state index in [0.717, 1.165) is 5.69 Å². The monoisotopic (exact) mass is 285 g/mol. The average Bonchev–Trinajstić information content (AvgIpc) is 2.89. The molecule has 0 atom stereocenters. The van der Waals surface area contributed by atoms with Gasteiger partial charge in [-0.05, 0) is 6.92 Å². The predicted octanol–water partition coefficient (Wildman–Crippen LogP) is 1.14. The molecular formula is C12H19N3O3S. The van der Waals surface area contributed by atoms with Crippen LogP contribution in [0.4, 0.5) is 5.13 Å². The molecule has 0 aromatic carbocycles. The average molecular weight is 285 g/mol. The number of aryl methyl sites for hydroxylation is 1. The summed E-state index contributed by atoms with van der Waals surface area (Å²) >= 11 is 1.43. The molecule has 1 N–H and O–H groups in total. The number of nitrogens with zero attached hydrogens (tertiary/aromatic N) is 2. The number of aromatic nitrogens is 1. The molecule has 19 heavy (non-hydrogen) atoms. The molecule has 1 aromatic rings. The molecule has 0 unspecified atom stereocenters. The second kappa shape index (κ2) is 7.73. The number of hydrogen-bond donors (Lipinski definition) is 1. The normalized spacial score (nSPS) is 10.1. The number of likely N-dealkylation sites (N-methyl/N-ethyl adjacent to an activating group) is 1. The Bertz CT molecular complexity index is 434. The zero-order valence-corrected chi connectivity index (χ0v) is 12.2. The molecule has 0 aliphatic rings. The predicted molar refractivity (Wildman–Crippen MR) is 74.3 cm³/mol. The van der Waals surface area contributed by atoms with E-state index in [9.17, 15) is 9.59 Å². The van der Waals surface area contributed by atoms with Gasteiger partial charge in [-0.15, -0.1) is 11.3 Å². The number of hydrogen-bond acceptors (Lipinski definition) is 6. The molecule has 106 valence electrons.